The van der Waals surface area contributed by atoms with E-state index < -0.39 is 0 Å². The van der Waals surface area contributed by atoms with Crippen LogP contribution in [-0.2, 0) is 6.54 Å². The zero-order valence-electron chi connectivity index (χ0n) is 10.0. The fraction of sp³-hybridized carbons (Fsp3) is 0.583. The van der Waals surface area contributed by atoms with Crippen molar-refractivity contribution in [1.29, 1.82) is 0 Å². The van der Waals surface area contributed by atoms with Gasteiger partial charge in [0.2, 0.25) is 5.88 Å². The quantitative estimate of drug-likeness (QED) is 0.893. The van der Waals surface area contributed by atoms with Crippen LogP contribution in [0, 0.1) is 0 Å². The van der Waals surface area contributed by atoms with E-state index in [4.69, 9.17) is 22.1 Å². The Morgan fingerprint density at radius 1 is 1.53 bits per heavy atom. The summed E-state index contributed by atoms with van der Waals surface area (Å²) in [4.78, 5) is 6.47. The van der Waals surface area contributed by atoms with Crippen LogP contribution in [0.3, 0.4) is 0 Å². The lowest BCUT2D eigenvalue weighted by Crippen LogP contribution is -2.35. The van der Waals surface area contributed by atoms with Gasteiger partial charge in [0.15, 0.2) is 0 Å². The number of rotatable bonds is 3. The molecule has 1 aliphatic heterocycles. The fourth-order valence-electron chi connectivity index (χ4n) is 1.96. The number of piperidine rings is 1. The molecule has 0 radical (unpaired) electrons. The van der Waals surface area contributed by atoms with E-state index >= 15 is 0 Å². The van der Waals surface area contributed by atoms with Crippen molar-refractivity contribution >= 4 is 11.6 Å². The molecule has 0 amide bonds. The summed E-state index contributed by atoms with van der Waals surface area (Å²) in [7, 11) is 2.12. The summed E-state index contributed by atoms with van der Waals surface area (Å²) in [6.45, 7) is 2.52. The topological polar surface area (TPSA) is 51.4 Å². The highest BCUT2D eigenvalue weighted by Gasteiger charge is 2.20. The minimum atomic E-state index is 0.212. The van der Waals surface area contributed by atoms with Gasteiger partial charge >= 0.3 is 0 Å². The number of aromatic nitrogens is 1. The van der Waals surface area contributed by atoms with Crippen molar-refractivity contribution in [3.63, 3.8) is 0 Å². The van der Waals surface area contributed by atoms with Gasteiger partial charge in [0.05, 0.1) is 0 Å². The molecule has 1 fully saturated rings. The Bertz CT molecular complexity index is 378. The van der Waals surface area contributed by atoms with Crippen LogP contribution in [0.4, 0.5) is 0 Å². The summed E-state index contributed by atoms with van der Waals surface area (Å²) in [5, 5.41) is 0.550. The Hall–Kier alpha value is -0.840. The van der Waals surface area contributed by atoms with Crippen molar-refractivity contribution in [3.05, 3.63) is 22.8 Å². The van der Waals surface area contributed by atoms with E-state index in [-0.39, 0.29) is 6.10 Å². The highest BCUT2D eigenvalue weighted by molar-refractivity contribution is 6.32. The van der Waals surface area contributed by atoms with Crippen molar-refractivity contribution in [2.24, 2.45) is 5.73 Å². The third-order valence-corrected chi connectivity index (χ3v) is 3.51. The third-order valence-electron chi connectivity index (χ3n) is 3.10. The zero-order chi connectivity index (χ0) is 12.3. The van der Waals surface area contributed by atoms with Gasteiger partial charge in [-0.25, -0.2) is 4.98 Å². The predicted molar refractivity (Wildman–Crippen MR) is 68.3 cm³/mol. The van der Waals surface area contributed by atoms with Gasteiger partial charge in [-0.15, -0.1) is 0 Å². The number of hydrogen-bond donors (Lipinski definition) is 1. The molecule has 17 heavy (non-hydrogen) atoms. The Kier molecular flexibility index (Phi) is 4.20. The van der Waals surface area contributed by atoms with E-state index in [0.29, 0.717) is 17.4 Å². The van der Waals surface area contributed by atoms with Crippen molar-refractivity contribution in [2.45, 2.75) is 25.5 Å². The minimum Gasteiger partial charge on any atom is -0.473 e. The molecule has 94 valence electrons. The number of nitrogens with two attached hydrogens (primary N) is 1. The molecule has 0 bridgehead atoms. The lowest BCUT2D eigenvalue weighted by Gasteiger charge is -2.29. The van der Waals surface area contributed by atoms with Crippen LogP contribution in [0.25, 0.3) is 0 Å². The summed E-state index contributed by atoms with van der Waals surface area (Å²) in [5.74, 6) is 0.518. The van der Waals surface area contributed by atoms with Crippen LogP contribution in [-0.4, -0.2) is 36.1 Å². The van der Waals surface area contributed by atoms with Crippen LogP contribution in [0.15, 0.2) is 12.3 Å². The molecule has 0 aromatic carbocycles. The van der Waals surface area contributed by atoms with Crippen LogP contribution in [0.1, 0.15) is 18.4 Å². The van der Waals surface area contributed by atoms with Crippen molar-refractivity contribution in [3.8, 4) is 5.88 Å². The molecule has 1 aromatic heterocycles. The molecule has 2 heterocycles. The van der Waals surface area contributed by atoms with Gasteiger partial charge in [-0.1, -0.05) is 11.6 Å². The van der Waals surface area contributed by atoms with E-state index in [2.05, 4.69) is 16.9 Å². The second kappa shape index (κ2) is 5.67. The standard InChI is InChI=1S/C12H18ClN3O/c1-16-6-3-10(4-7-16)17-12-11(13)9(8-14)2-5-15-12/h2,5,10H,3-4,6-8,14H2,1H3. The predicted octanol–water partition coefficient (Wildman–Crippen LogP) is 1.67. The largest absolute Gasteiger partial charge is 0.473 e. The first-order valence-electron chi connectivity index (χ1n) is 5.89. The summed E-state index contributed by atoms with van der Waals surface area (Å²) < 4.78 is 5.85. The maximum atomic E-state index is 6.18. The molecule has 0 atom stereocenters. The normalized spacial score (nSPS) is 18.3. The maximum Gasteiger partial charge on any atom is 0.233 e. The van der Waals surface area contributed by atoms with Gasteiger partial charge < -0.3 is 15.4 Å². The number of likely N-dealkylation sites (tertiary alicyclic amines) is 1. The molecule has 4 nitrogen and oxygen atoms in total. The Balaban J connectivity index is 2.03. The Morgan fingerprint density at radius 2 is 2.24 bits per heavy atom. The molecule has 0 unspecified atom stereocenters. The van der Waals surface area contributed by atoms with Crippen molar-refractivity contribution in [2.75, 3.05) is 20.1 Å². The number of nitrogens with zero attached hydrogens (tertiary/aromatic N) is 2. The molecule has 0 saturated carbocycles. The van der Waals surface area contributed by atoms with Gasteiger partial charge in [-0.2, -0.15) is 0 Å². The first-order valence-corrected chi connectivity index (χ1v) is 6.27. The molecule has 1 aromatic rings. The van der Waals surface area contributed by atoms with Gasteiger partial charge in [-0.05, 0) is 31.5 Å². The average Bonchev–Trinajstić information content (AvgIpc) is 2.35. The van der Waals surface area contributed by atoms with Crippen molar-refractivity contribution in [1.82, 2.24) is 9.88 Å². The molecule has 0 spiro atoms. The van der Waals surface area contributed by atoms with Crippen LogP contribution < -0.4 is 10.5 Å². The highest BCUT2D eigenvalue weighted by atomic mass is 35.5. The van der Waals surface area contributed by atoms with E-state index in [0.717, 1.165) is 31.5 Å². The van der Waals surface area contributed by atoms with Gasteiger partial charge in [0, 0.05) is 25.8 Å². The van der Waals surface area contributed by atoms with E-state index in [1.807, 2.05) is 6.07 Å². The lowest BCUT2D eigenvalue weighted by molar-refractivity contribution is 0.110. The van der Waals surface area contributed by atoms with Gasteiger partial charge in [0.1, 0.15) is 11.1 Å². The zero-order valence-corrected chi connectivity index (χ0v) is 10.8. The second-order valence-electron chi connectivity index (χ2n) is 4.41. The number of pyridine rings is 1. The third kappa shape index (κ3) is 3.09. The second-order valence-corrected chi connectivity index (χ2v) is 4.79. The summed E-state index contributed by atoms with van der Waals surface area (Å²) in [5.41, 5.74) is 6.48. The SMILES string of the molecule is CN1CCC(Oc2nccc(CN)c2Cl)CC1. The monoisotopic (exact) mass is 255 g/mol. The molecule has 2 rings (SSSR count). The Labute approximate surface area is 107 Å². The summed E-state index contributed by atoms with van der Waals surface area (Å²) in [6, 6.07) is 1.82. The Morgan fingerprint density at radius 3 is 2.88 bits per heavy atom. The first-order chi connectivity index (χ1) is 8.20. The highest BCUT2D eigenvalue weighted by Crippen LogP contribution is 2.27. The van der Waals surface area contributed by atoms with Gasteiger partial charge in [-0.3, -0.25) is 0 Å². The smallest absolute Gasteiger partial charge is 0.233 e. The maximum absolute atomic E-state index is 6.18. The van der Waals surface area contributed by atoms with Crippen LogP contribution in [0.5, 0.6) is 5.88 Å². The molecule has 1 saturated heterocycles. The molecule has 1 aliphatic rings. The van der Waals surface area contributed by atoms with E-state index in [9.17, 15) is 0 Å². The molecule has 0 aliphatic carbocycles. The fourth-order valence-corrected chi connectivity index (χ4v) is 2.20. The number of ether oxygens (including phenoxy) is 1. The lowest BCUT2D eigenvalue weighted by atomic mass is 10.1. The van der Waals surface area contributed by atoms with Crippen LogP contribution in [0.2, 0.25) is 5.02 Å². The van der Waals surface area contributed by atoms with E-state index in [1.165, 1.54) is 0 Å². The van der Waals surface area contributed by atoms with Crippen LogP contribution >= 0.6 is 11.6 Å². The van der Waals surface area contributed by atoms with Gasteiger partial charge in [0.25, 0.3) is 0 Å². The molecule has 2 N–H and O–H groups in total. The molecular formula is C12H18ClN3O. The minimum absolute atomic E-state index is 0.212. The number of hydrogen-bond acceptors (Lipinski definition) is 4. The summed E-state index contributed by atoms with van der Waals surface area (Å²) in [6.07, 6.45) is 3.94. The first kappa shape index (κ1) is 12.6. The molecule has 5 heteroatoms. The average molecular weight is 256 g/mol. The summed E-state index contributed by atoms with van der Waals surface area (Å²) >= 11 is 6.18. The number of halogens is 1. The van der Waals surface area contributed by atoms with E-state index in [1.54, 1.807) is 6.20 Å². The molecular weight excluding hydrogens is 238 g/mol. The van der Waals surface area contributed by atoms with Crippen molar-refractivity contribution < 1.29 is 4.74 Å².